The molecule has 0 fully saturated rings. The summed E-state index contributed by atoms with van der Waals surface area (Å²) in [6, 6.07) is 19.0. The van der Waals surface area contributed by atoms with Crippen molar-refractivity contribution in [3.05, 3.63) is 83.4 Å². The number of benzene rings is 2. The molecule has 0 saturated carbocycles. The molecule has 0 heteroatoms. The zero-order chi connectivity index (χ0) is 11.5. The predicted molar refractivity (Wildman–Crippen MR) is 73.6 cm³/mol. The van der Waals surface area contributed by atoms with Crippen LogP contribution < -0.4 is 0 Å². The summed E-state index contributed by atoms with van der Waals surface area (Å²) >= 11 is 0. The van der Waals surface area contributed by atoms with Crippen LogP contribution in [0.3, 0.4) is 0 Å². The molecular weight excluding hydrogens is 204 g/mol. The van der Waals surface area contributed by atoms with Crippen LogP contribution in [0.4, 0.5) is 0 Å². The minimum atomic E-state index is 1.06. The van der Waals surface area contributed by atoms with Crippen LogP contribution in [0.5, 0.6) is 0 Å². The van der Waals surface area contributed by atoms with Gasteiger partial charge in [-0.25, -0.2) is 0 Å². The normalized spacial score (nSPS) is 13.8. The molecule has 82 valence electrons. The predicted octanol–water partition coefficient (Wildman–Crippen LogP) is 4.34. The van der Waals surface area contributed by atoms with Crippen LogP contribution in [0.2, 0.25) is 0 Å². The monoisotopic (exact) mass is 218 g/mol. The molecule has 0 unspecified atom stereocenters. The van der Waals surface area contributed by atoms with E-state index in [0.717, 1.165) is 6.42 Å². The second kappa shape index (κ2) is 4.42. The molecule has 17 heavy (non-hydrogen) atoms. The third kappa shape index (κ3) is 2.07. The van der Waals surface area contributed by atoms with Crippen LogP contribution in [0.15, 0.2) is 66.7 Å². The van der Waals surface area contributed by atoms with Crippen molar-refractivity contribution in [2.75, 3.05) is 0 Å². The van der Waals surface area contributed by atoms with Gasteiger partial charge < -0.3 is 0 Å². The van der Waals surface area contributed by atoms with E-state index in [2.05, 4.69) is 66.8 Å². The van der Waals surface area contributed by atoms with Crippen molar-refractivity contribution >= 4 is 11.6 Å². The molecule has 1 aliphatic rings. The average Bonchev–Trinajstić information content (AvgIpc) is 2.81. The highest BCUT2D eigenvalue weighted by Crippen LogP contribution is 2.28. The minimum Gasteiger partial charge on any atom is -0.0722 e. The van der Waals surface area contributed by atoms with E-state index >= 15 is 0 Å². The van der Waals surface area contributed by atoms with Crippen molar-refractivity contribution in [3.63, 3.8) is 0 Å². The average molecular weight is 218 g/mol. The zero-order valence-corrected chi connectivity index (χ0v) is 9.64. The molecule has 3 rings (SSSR count). The van der Waals surface area contributed by atoms with Gasteiger partial charge in [0.05, 0.1) is 0 Å². The number of fused-ring (bicyclic) bond motifs is 1. The van der Waals surface area contributed by atoms with E-state index in [4.69, 9.17) is 0 Å². The lowest BCUT2D eigenvalue weighted by Gasteiger charge is -2.00. The van der Waals surface area contributed by atoms with Gasteiger partial charge in [0.1, 0.15) is 0 Å². The highest BCUT2D eigenvalue weighted by molar-refractivity contribution is 5.83. The Balaban J connectivity index is 1.87. The summed E-state index contributed by atoms with van der Waals surface area (Å²) < 4.78 is 0. The number of allylic oxidation sites excluding steroid dienone is 3. The van der Waals surface area contributed by atoms with Crippen LogP contribution in [0, 0.1) is 0 Å². The SMILES string of the molecule is C1=C(/C=C/c2ccccc2)c2ccccc2C1. The number of hydrogen-bond acceptors (Lipinski definition) is 0. The summed E-state index contributed by atoms with van der Waals surface area (Å²) in [5.41, 5.74) is 5.39. The van der Waals surface area contributed by atoms with Crippen molar-refractivity contribution < 1.29 is 0 Å². The summed E-state index contributed by atoms with van der Waals surface area (Å²) in [6.07, 6.45) is 7.74. The Morgan fingerprint density at radius 1 is 0.765 bits per heavy atom. The number of rotatable bonds is 2. The molecule has 0 nitrogen and oxygen atoms in total. The van der Waals surface area contributed by atoms with Gasteiger partial charge in [0, 0.05) is 0 Å². The van der Waals surface area contributed by atoms with Crippen molar-refractivity contribution in [2.45, 2.75) is 6.42 Å². The van der Waals surface area contributed by atoms with Gasteiger partial charge in [0.2, 0.25) is 0 Å². The fraction of sp³-hybridized carbons (Fsp3) is 0.0588. The molecule has 0 spiro atoms. The van der Waals surface area contributed by atoms with Crippen LogP contribution in [-0.2, 0) is 6.42 Å². The van der Waals surface area contributed by atoms with E-state index in [1.54, 1.807) is 0 Å². The van der Waals surface area contributed by atoms with Gasteiger partial charge in [0.25, 0.3) is 0 Å². The summed E-state index contributed by atoms with van der Waals surface area (Å²) in [4.78, 5) is 0. The molecular formula is C17H14. The Morgan fingerprint density at radius 3 is 2.41 bits per heavy atom. The first-order valence-electron chi connectivity index (χ1n) is 5.95. The summed E-state index contributed by atoms with van der Waals surface area (Å²) in [7, 11) is 0. The molecule has 0 heterocycles. The smallest absolute Gasteiger partial charge is 0.00821 e. The molecule has 2 aromatic carbocycles. The summed E-state index contributed by atoms with van der Waals surface area (Å²) in [6.45, 7) is 0. The lowest BCUT2D eigenvalue weighted by atomic mass is 10.0. The molecule has 0 aromatic heterocycles. The molecule has 0 atom stereocenters. The minimum absolute atomic E-state index is 1.06. The first kappa shape index (κ1) is 10.1. The third-order valence-corrected chi connectivity index (χ3v) is 3.13. The molecule has 1 aliphatic carbocycles. The molecule has 0 N–H and O–H groups in total. The van der Waals surface area contributed by atoms with Gasteiger partial charge in [-0.1, -0.05) is 72.8 Å². The number of hydrogen-bond donors (Lipinski definition) is 0. The highest BCUT2D eigenvalue weighted by atomic mass is 14.1. The van der Waals surface area contributed by atoms with Crippen molar-refractivity contribution in [1.29, 1.82) is 0 Å². The van der Waals surface area contributed by atoms with Gasteiger partial charge in [-0.3, -0.25) is 0 Å². The second-order valence-electron chi connectivity index (χ2n) is 4.26. The Labute approximate surface area is 102 Å². The first-order valence-corrected chi connectivity index (χ1v) is 5.95. The molecule has 0 saturated heterocycles. The van der Waals surface area contributed by atoms with E-state index in [-0.39, 0.29) is 0 Å². The molecule has 0 bridgehead atoms. The molecule has 0 aliphatic heterocycles. The van der Waals surface area contributed by atoms with Gasteiger partial charge in [-0.2, -0.15) is 0 Å². The maximum atomic E-state index is 2.30. The molecule has 0 radical (unpaired) electrons. The summed E-state index contributed by atoms with van der Waals surface area (Å²) in [5.74, 6) is 0. The topological polar surface area (TPSA) is 0 Å². The fourth-order valence-corrected chi connectivity index (χ4v) is 2.22. The van der Waals surface area contributed by atoms with Crippen LogP contribution in [0.25, 0.3) is 11.6 Å². The zero-order valence-electron chi connectivity index (χ0n) is 9.64. The molecule has 2 aromatic rings. The standard InChI is InChI=1S/C17H14/c1-2-6-14(7-3-1)10-11-16-13-12-15-8-4-5-9-17(15)16/h1-11,13H,12H2/b11-10+. The Bertz CT molecular complexity index is 574. The van der Waals surface area contributed by atoms with E-state index in [1.165, 1.54) is 22.3 Å². The third-order valence-electron chi connectivity index (χ3n) is 3.13. The van der Waals surface area contributed by atoms with Crippen molar-refractivity contribution in [1.82, 2.24) is 0 Å². The maximum Gasteiger partial charge on any atom is -0.00821 e. The van der Waals surface area contributed by atoms with Crippen molar-refractivity contribution in [3.8, 4) is 0 Å². The quantitative estimate of drug-likeness (QED) is 0.703. The maximum absolute atomic E-state index is 2.30. The van der Waals surface area contributed by atoms with Crippen LogP contribution in [-0.4, -0.2) is 0 Å². The van der Waals surface area contributed by atoms with E-state index in [0.29, 0.717) is 0 Å². The van der Waals surface area contributed by atoms with Crippen molar-refractivity contribution in [2.24, 2.45) is 0 Å². The van der Waals surface area contributed by atoms with Gasteiger partial charge in [-0.05, 0) is 28.7 Å². The van der Waals surface area contributed by atoms with E-state index < -0.39 is 0 Å². The van der Waals surface area contributed by atoms with Gasteiger partial charge >= 0.3 is 0 Å². The molecule has 0 amide bonds. The van der Waals surface area contributed by atoms with Crippen LogP contribution in [0.1, 0.15) is 16.7 Å². The second-order valence-corrected chi connectivity index (χ2v) is 4.26. The highest BCUT2D eigenvalue weighted by Gasteiger charge is 2.09. The summed E-state index contributed by atoms with van der Waals surface area (Å²) in [5, 5.41) is 0. The van der Waals surface area contributed by atoms with E-state index in [1.807, 2.05) is 6.07 Å². The Morgan fingerprint density at radius 2 is 1.53 bits per heavy atom. The first-order chi connectivity index (χ1) is 8.43. The largest absolute Gasteiger partial charge is 0.0722 e. The lowest BCUT2D eigenvalue weighted by Crippen LogP contribution is -1.81. The van der Waals surface area contributed by atoms with Gasteiger partial charge in [0.15, 0.2) is 0 Å². The Kier molecular flexibility index (Phi) is 2.63. The lowest BCUT2D eigenvalue weighted by molar-refractivity contribution is 1.31. The Hall–Kier alpha value is -2.08. The fourth-order valence-electron chi connectivity index (χ4n) is 2.22. The van der Waals surface area contributed by atoms with Gasteiger partial charge in [-0.15, -0.1) is 0 Å². The van der Waals surface area contributed by atoms with Crippen LogP contribution >= 0.6 is 0 Å². The van der Waals surface area contributed by atoms with E-state index in [9.17, 15) is 0 Å².